The van der Waals surface area contributed by atoms with E-state index in [2.05, 4.69) is 6.92 Å². The molecule has 0 saturated heterocycles. The number of benzene rings is 3. The third kappa shape index (κ3) is 7.81. The number of ether oxygens (including phenoxy) is 1. The number of halogens is 1. The molecule has 0 N–H and O–H groups in total. The molecule has 0 aliphatic carbocycles. The normalized spacial score (nSPS) is 11.4. The average molecular weight is 514 g/mol. The van der Waals surface area contributed by atoms with E-state index >= 15 is 0 Å². The minimum atomic E-state index is -4.08. The van der Waals surface area contributed by atoms with Crippen LogP contribution in [0.4, 0.5) is 4.39 Å². The minimum Gasteiger partial charge on any atom is -0.494 e. The molecule has 192 valence electrons. The summed E-state index contributed by atoms with van der Waals surface area (Å²) in [4.78, 5) is 14.9. The molecule has 0 atom stereocenters. The molecule has 0 heterocycles. The van der Waals surface area contributed by atoms with Crippen LogP contribution in [0.25, 0.3) is 0 Å². The second-order valence-corrected chi connectivity index (χ2v) is 10.5. The highest BCUT2D eigenvalue weighted by atomic mass is 32.2. The van der Waals surface area contributed by atoms with Crippen molar-refractivity contribution in [3.63, 3.8) is 0 Å². The molecule has 0 unspecified atom stereocenters. The third-order valence-electron chi connectivity index (χ3n) is 5.35. The first-order valence-electron chi connectivity index (χ1n) is 12.0. The zero-order valence-corrected chi connectivity index (χ0v) is 21.6. The number of nitrogens with zero attached hydrogens (tertiary/aromatic N) is 1. The van der Waals surface area contributed by atoms with E-state index in [0.29, 0.717) is 25.3 Å². The molecule has 0 aliphatic heterocycles. The fourth-order valence-corrected chi connectivity index (χ4v) is 4.45. The Labute approximate surface area is 212 Å². The van der Waals surface area contributed by atoms with E-state index in [0.717, 1.165) is 48.4 Å². The summed E-state index contributed by atoms with van der Waals surface area (Å²) in [7, 11) is -4.08. The predicted molar refractivity (Wildman–Crippen MR) is 137 cm³/mol. The number of amides is 1. The Kier molecular flexibility index (Phi) is 9.47. The first-order chi connectivity index (χ1) is 17.2. The SMILES string of the molecule is CCCCOc1ccc(C(=O)N(Cc2ccc(OS(=O)(=O)c3ccc(F)cc3)cc2)CC(C)C)cc1. The summed E-state index contributed by atoms with van der Waals surface area (Å²) in [6, 6.07) is 18.1. The Morgan fingerprint density at radius 1 is 0.917 bits per heavy atom. The maximum atomic E-state index is 13.2. The largest absolute Gasteiger partial charge is 0.494 e. The average Bonchev–Trinajstić information content (AvgIpc) is 2.85. The van der Waals surface area contributed by atoms with Crippen LogP contribution < -0.4 is 8.92 Å². The molecule has 3 aromatic rings. The van der Waals surface area contributed by atoms with Gasteiger partial charge < -0.3 is 13.8 Å². The van der Waals surface area contributed by atoms with E-state index in [1.165, 1.54) is 12.1 Å². The molecule has 0 spiro atoms. The monoisotopic (exact) mass is 513 g/mol. The molecule has 0 fully saturated rings. The number of hydrogen-bond acceptors (Lipinski definition) is 5. The predicted octanol–water partition coefficient (Wildman–Crippen LogP) is 6.07. The standard InChI is InChI=1S/C28H32FNO5S/c1-4-5-18-34-25-14-8-23(9-15-25)28(31)30(19-21(2)3)20-22-6-12-26(13-7-22)35-36(32,33)27-16-10-24(29)11-17-27/h6-17,21H,4-5,18-20H2,1-3H3. The number of carbonyl (C=O) groups is 1. The van der Waals surface area contributed by atoms with Gasteiger partial charge in [-0.25, -0.2) is 4.39 Å². The number of hydrogen-bond donors (Lipinski definition) is 0. The molecule has 3 rings (SSSR count). The van der Waals surface area contributed by atoms with Crippen molar-refractivity contribution in [3.8, 4) is 11.5 Å². The molecule has 8 heteroatoms. The Balaban J connectivity index is 1.68. The summed E-state index contributed by atoms with van der Waals surface area (Å²) < 4.78 is 48.8. The van der Waals surface area contributed by atoms with Gasteiger partial charge in [0.15, 0.2) is 0 Å². The summed E-state index contributed by atoms with van der Waals surface area (Å²) in [5, 5.41) is 0. The van der Waals surface area contributed by atoms with Gasteiger partial charge in [-0.15, -0.1) is 0 Å². The maximum absolute atomic E-state index is 13.2. The van der Waals surface area contributed by atoms with Crippen LogP contribution in [-0.4, -0.2) is 32.4 Å². The van der Waals surface area contributed by atoms with E-state index in [9.17, 15) is 17.6 Å². The number of carbonyl (C=O) groups excluding carboxylic acids is 1. The highest BCUT2D eigenvalue weighted by Gasteiger charge is 2.19. The van der Waals surface area contributed by atoms with Crippen molar-refractivity contribution in [2.75, 3.05) is 13.2 Å². The van der Waals surface area contributed by atoms with Crippen molar-refractivity contribution in [2.24, 2.45) is 5.92 Å². The van der Waals surface area contributed by atoms with Crippen LogP contribution in [0.5, 0.6) is 11.5 Å². The molecule has 6 nitrogen and oxygen atoms in total. The summed E-state index contributed by atoms with van der Waals surface area (Å²) in [5.41, 5.74) is 1.40. The zero-order valence-electron chi connectivity index (χ0n) is 20.8. The van der Waals surface area contributed by atoms with Crippen LogP contribution in [0.1, 0.15) is 49.5 Å². The lowest BCUT2D eigenvalue weighted by Crippen LogP contribution is -2.33. The van der Waals surface area contributed by atoms with Gasteiger partial charge in [-0.2, -0.15) is 8.42 Å². The van der Waals surface area contributed by atoms with E-state index in [-0.39, 0.29) is 22.5 Å². The molecule has 0 aromatic heterocycles. The van der Waals surface area contributed by atoms with Crippen LogP contribution in [0.2, 0.25) is 0 Å². The van der Waals surface area contributed by atoms with Crippen molar-refractivity contribution in [1.29, 1.82) is 0 Å². The van der Waals surface area contributed by atoms with E-state index in [1.54, 1.807) is 29.2 Å². The molecule has 0 radical (unpaired) electrons. The van der Waals surface area contributed by atoms with Gasteiger partial charge in [0.2, 0.25) is 0 Å². The number of rotatable bonds is 12. The molecule has 0 bridgehead atoms. The second kappa shape index (κ2) is 12.5. The molecular formula is C28H32FNO5S. The number of unbranched alkanes of at least 4 members (excludes halogenated alkanes) is 1. The van der Waals surface area contributed by atoms with Gasteiger partial charge in [0.25, 0.3) is 5.91 Å². The molecule has 0 aliphatic rings. The van der Waals surface area contributed by atoms with E-state index in [4.69, 9.17) is 8.92 Å². The van der Waals surface area contributed by atoms with Gasteiger partial charge in [0.1, 0.15) is 22.2 Å². The van der Waals surface area contributed by atoms with Crippen LogP contribution in [-0.2, 0) is 16.7 Å². The van der Waals surface area contributed by atoms with Crippen LogP contribution in [0.3, 0.4) is 0 Å². The highest BCUT2D eigenvalue weighted by molar-refractivity contribution is 7.87. The van der Waals surface area contributed by atoms with Crippen molar-refractivity contribution in [2.45, 2.75) is 45.1 Å². The second-order valence-electron chi connectivity index (χ2n) is 8.94. The van der Waals surface area contributed by atoms with Gasteiger partial charge in [-0.05, 0) is 78.6 Å². The maximum Gasteiger partial charge on any atom is 0.339 e. The quantitative estimate of drug-likeness (QED) is 0.217. The smallest absolute Gasteiger partial charge is 0.339 e. The van der Waals surface area contributed by atoms with Gasteiger partial charge in [-0.1, -0.05) is 39.3 Å². The molecule has 0 saturated carbocycles. The topological polar surface area (TPSA) is 72.9 Å². The van der Waals surface area contributed by atoms with Crippen molar-refractivity contribution in [3.05, 3.63) is 89.7 Å². The van der Waals surface area contributed by atoms with Gasteiger partial charge in [0, 0.05) is 18.7 Å². The Hall–Kier alpha value is -3.39. The molecule has 36 heavy (non-hydrogen) atoms. The first-order valence-corrected chi connectivity index (χ1v) is 13.4. The van der Waals surface area contributed by atoms with Crippen molar-refractivity contribution in [1.82, 2.24) is 4.90 Å². The highest BCUT2D eigenvalue weighted by Crippen LogP contribution is 2.21. The summed E-state index contributed by atoms with van der Waals surface area (Å²) in [6.07, 6.45) is 2.03. The van der Waals surface area contributed by atoms with E-state index in [1.807, 2.05) is 26.0 Å². The van der Waals surface area contributed by atoms with Crippen LogP contribution >= 0.6 is 0 Å². The first kappa shape index (κ1) is 27.2. The third-order valence-corrected chi connectivity index (χ3v) is 6.61. The van der Waals surface area contributed by atoms with Crippen molar-refractivity contribution >= 4 is 16.0 Å². The van der Waals surface area contributed by atoms with Crippen LogP contribution in [0, 0.1) is 11.7 Å². The van der Waals surface area contributed by atoms with E-state index < -0.39 is 15.9 Å². The lowest BCUT2D eigenvalue weighted by molar-refractivity contribution is 0.0722. The van der Waals surface area contributed by atoms with Crippen LogP contribution in [0.15, 0.2) is 77.7 Å². The molecular weight excluding hydrogens is 481 g/mol. The fourth-order valence-electron chi connectivity index (χ4n) is 3.52. The zero-order chi connectivity index (χ0) is 26.1. The van der Waals surface area contributed by atoms with Gasteiger partial charge in [-0.3, -0.25) is 4.79 Å². The Morgan fingerprint density at radius 3 is 2.11 bits per heavy atom. The molecule has 1 amide bonds. The van der Waals surface area contributed by atoms with Gasteiger partial charge >= 0.3 is 10.1 Å². The lowest BCUT2D eigenvalue weighted by atomic mass is 10.1. The summed E-state index contributed by atoms with van der Waals surface area (Å²) >= 11 is 0. The Morgan fingerprint density at radius 2 is 1.53 bits per heavy atom. The minimum absolute atomic E-state index is 0.0944. The summed E-state index contributed by atoms with van der Waals surface area (Å²) in [5.74, 6) is 0.497. The van der Waals surface area contributed by atoms with Gasteiger partial charge in [0.05, 0.1) is 6.61 Å². The molecule has 3 aromatic carbocycles. The lowest BCUT2D eigenvalue weighted by Gasteiger charge is -2.25. The summed E-state index contributed by atoms with van der Waals surface area (Å²) in [6.45, 7) is 7.75. The van der Waals surface area contributed by atoms with Crippen molar-refractivity contribution < 1.29 is 26.5 Å². The fraction of sp³-hybridized carbons (Fsp3) is 0.321. The Bertz CT molecular complexity index is 1220.